The normalized spacial score (nSPS) is 20.7. The Morgan fingerprint density at radius 3 is 2.68 bits per heavy atom. The van der Waals surface area contributed by atoms with Crippen LogP contribution in [0.25, 0.3) is 0 Å². The van der Waals surface area contributed by atoms with Gasteiger partial charge in [-0.15, -0.1) is 0 Å². The van der Waals surface area contributed by atoms with Gasteiger partial charge in [-0.3, -0.25) is 9.59 Å². The number of carbonyl (C=O) groups excluding carboxylic acids is 2. The molecule has 1 aromatic carbocycles. The van der Waals surface area contributed by atoms with Gasteiger partial charge in [-0.2, -0.15) is 0 Å². The van der Waals surface area contributed by atoms with Crippen molar-refractivity contribution in [2.75, 3.05) is 0 Å². The highest BCUT2D eigenvalue weighted by atomic mass is 16.5. The van der Waals surface area contributed by atoms with Crippen molar-refractivity contribution in [3.8, 4) is 11.5 Å². The first-order valence-electron chi connectivity index (χ1n) is 7.47. The summed E-state index contributed by atoms with van der Waals surface area (Å²) in [7, 11) is 0. The van der Waals surface area contributed by atoms with Crippen LogP contribution in [0, 0.1) is 11.8 Å². The van der Waals surface area contributed by atoms with E-state index < -0.39 is 0 Å². The second kappa shape index (κ2) is 7.59. The molecule has 4 nitrogen and oxygen atoms in total. The van der Waals surface area contributed by atoms with Crippen LogP contribution < -0.4 is 4.74 Å². The first kappa shape index (κ1) is 16.0. The SMILES string of the molecule is CC/C=C\C[C@H]1C(=O)C=C[C@H]1CC(=O)Oc1ccc(O)cc1. The number of ketones is 1. The molecular weight excluding hydrogens is 280 g/mol. The van der Waals surface area contributed by atoms with E-state index in [0.29, 0.717) is 12.2 Å². The van der Waals surface area contributed by atoms with Gasteiger partial charge < -0.3 is 9.84 Å². The van der Waals surface area contributed by atoms with Crippen molar-refractivity contribution >= 4 is 11.8 Å². The molecule has 1 aliphatic rings. The summed E-state index contributed by atoms with van der Waals surface area (Å²) in [6.07, 6.45) is 9.13. The van der Waals surface area contributed by atoms with Crippen molar-refractivity contribution in [3.05, 3.63) is 48.6 Å². The van der Waals surface area contributed by atoms with Crippen LogP contribution in [0.3, 0.4) is 0 Å². The molecule has 0 saturated carbocycles. The summed E-state index contributed by atoms with van der Waals surface area (Å²) < 4.78 is 5.23. The number of phenolic OH excluding ortho intramolecular Hbond substituents is 1. The fraction of sp³-hybridized carbons (Fsp3) is 0.333. The van der Waals surface area contributed by atoms with Crippen molar-refractivity contribution in [1.29, 1.82) is 0 Å². The Morgan fingerprint density at radius 2 is 2.00 bits per heavy atom. The average Bonchev–Trinajstić information content (AvgIpc) is 2.83. The maximum absolute atomic E-state index is 12.0. The lowest BCUT2D eigenvalue weighted by molar-refractivity contribution is -0.135. The molecule has 0 fully saturated rings. The van der Waals surface area contributed by atoms with E-state index in [1.807, 2.05) is 19.1 Å². The molecule has 116 valence electrons. The molecule has 1 aromatic rings. The van der Waals surface area contributed by atoms with Crippen LogP contribution >= 0.6 is 0 Å². The highest BCUT2D eigenvalue weighted by molar-refractivity contribution is 5.95. The third kappa shape index (κ3) is 4.32. The predicted octanol–water partition coefficient (Wildman–Crippen LogP) is 3.42. The van der Waals surface area contributed by atoms with Gasteiger partial charge in [0.05, 0.1) is 6.42 Å². The maximum atomic E-state index is 12.0. The molecule has 1 aliphatic carbocycles. The highest BCUT2D eigenvalue weighted by Crippen LogP contribution is 2.29. The van der Waals surface area contributed by atoms with Crippen LogP contribution in [0.15, 0.2) is 48.6 Å². The van der Waals surface area contributed by atoms with Crippen LogP contribution in [-0.2, 0) is 9.59 Å². The zero-order valence-corrected chi connectivity index (χ0v) is 12.6. The minimum atomic E-state index is -0.375. The summed E-state index contributed by atoms with van der Waals surface area (Å²) in [6.45, 7) is 2.04. The van der Waals surface area contributed by atoms with Gasteiger partial charge in [0.15, 0.2) is 5.78 Å². The Morgan fingerprint density at radius 1 is 1.27 bits per heavy atom. The zero-order chi connectivity index (χ0) is 15.9. The Bertz CT molecular complexity index is 584. The van der Waals surface area contributed by atoms with Crippen LogP contribution in [0.4, 0.5) is 0 Å². The van der Waals surface area contributed by atoms with E-state index in [4.69, 9.17) is 4.74 Å². The minimum Gasteiger partial charge on any atom is -0.508 e. The zero-order valence-electron chi connectivity index (χ0n) is 12.6. The molecule has 0 aliphatic heterocycles. The number of hydrogen-bond donors (Lipinski definition) is 1. The number of aromatic hydroxyl groups is 1. The molecular formula is C18H20O4. The Hall–Kier alpha value is -2.36. The van der Waals surface area contributed by atoms with Crippen molar-refractivity contribution in [2.24, 2.45) is 11.8 Å². The number of ether oxygens (including phenoxy) is 1. The van der Waals surface area contributed by atoms with E-state index in [0.717, 1.165) is 6.42 Å². The van der Waals surface area contributed by atoms with Crippen molar-refractivity contribution in [2.45, 2.75) is 26.2 Å². The molecule has 0 amide bonds. The van der Waals surface area contributed by atoms with Gasteiger partial charge in [0, 0.05) is 5.92 Å². The second-order valence-electron chi connectivity index (χ2n) is 5.32. The monoisotopic (exact) mass is 300 g/mol. The molecule has 22 heavy (non-hydrogen) atoms. The summed E-state index contributed by atoms with van der Waals surface area (Å²) in [5, 5.41) is 9.19. The number of rotatable bonds is 6. The number of allylic oxidation sites excluding steroid dienone is 4. The molecule has 0 unspecified atom stereocenters. The Balaban J connectivity index is 1.92. The lowest BCUT2D eigenvalue weighted by Crippen LogP contribution is -2.20. The fourth-order valence-electron chi connectivity index (χ4n) is 2.48. The first-order valence-corrected chi connectivity index (χ1v) is 7.47. The smallest absolute Gasteiger partial charge is 0.311 e. The van der Waals surface area contributed by atoms with E-state index in [1.165, 1.54) is 24.3 Å². The summed E-state index contributed by atoms with van der Waals surface area (Å²) >= 11 is 0. The number of phenols is 1. The third-order valence-electron chi connectivity index (χ3n) is 3.65. The quantitative estimate of drug-likeness (QED) is 0.497. The van der Waals surface area contributed by atoms with Crippen LogP contribution in [-0.4, -0.2) is 16.9 Å². The van der Waals surface area contributed by atoms with Gasteiger partial charge in [-0.1, -0.05) is 25.2 Å². The standard InChI is InChI=1S/C18H20O4/c1-2-3-4-5-16-13(6-11-17(16)20)12-18(21)22-15-9-7-14(19)8-10-15/h3-4,6-11,13,16,19H,2,5,12H2,1H3/b4-3-/t13-,16+/m0/s1. The molecule has 0 aromatic heterocycles. The molecule has 0 bridgehead atoms. The van der Waals surface area contributed by atoms with Crippen LogP contribution in [0.2, 0.25) is 0 Å². The van der Waals surface area contributed by atoms with Gasteiger partial charge in [-0.25, -0.2) is 0 Å². The fourth-order valence-corrected chi connectivity index (χ4v) is 2.48. The maximum Gasteiger partial charge on any atom is 0.311 e. The van der Waals surface area contributed by atoms with E-state index in [2.05, 4.69) is 0 Å². The van der Waals surface area contributed by atoms with Crippen LogP contribution in [0.5, 0.6) is 11.5 Å². The topological polar surface area (TPSA) is 63.6 Å². The van der Waals surface area contributed by atoms with E-state index in [-0.39, 0.29) is 35.8 Å². The third-order valence-corrected chi connectivity index (χ3v) is 3.65. The predicted molar refractivity (Wildman–Crippen MR) is 83.5 cm³/mol. The summed E-state index contributed by atoms with van der Waals surface area (Å²) in [5.74, 6) is -0.0816. The van der Waals surface area contributed by atoms with E-state index >= 15 is 0 Å². The minimum absolute atomic E-state index is 0.0724. The average molecular weight is 300 g/mol. The van der Waals surface area contributed by atoms with E-state index in [9.17, 15) is 14.7 Å². The van der Waals surface area contributed by atoms with Crippen LogP contribution in [0.1, 0.15) is 26.2 Å². The largest absolute Gasteiger partial charge is 0.508 e. The highest BCUT2D eigenvalue weighted by Gasteiger charge is 2.31. The Labute approximate surface area is 130 Å². The summed E-state index contributed by atoms with van der Waals surface area (Å²) in [5.41, 5.74) is 0. The number of benzene rings is 1. The van der Waals surface area contributed by atoms with Gasteiger partial charge >= 0.3 is 5.97 Å². The van der Waals surface area contributed by atoms with Gasteiger partial charge in [-0.05, 0) is 49.1 Å². The molecule has 0 radical (unpaired) electrons. The molecule has 2 atom stereocenters. The van der Waals surface area contributed by atoms with E-state index in [1.54, 1.807) is 12.2 Å². The van der Waals surface area contributed by atoms with Gasteiger partial charge in [0.1, 0.15) is 11.5 Å². The second-order valence-corrected chi connectivity index (χ2v) is 5.32. The summed E-state index contributed by atoms with van der Waals surface area (Å²) in [6, 6.07) is 5.98. The molecule has 0 saturated heterocycles. The summed E-state index contributed by atoms with van der Waals surface area (Å²) in [4.78, 5) is 23.8. The van der Waals surface area contributed by atoms with Gasteiger partial charge in [0.2, 0.25) is 0 Å². The molecule has 1 N–H and O–H groups in total. The first-order chi connectivity index (χ1) is 10.6. The van der Waals surface area contributed by atoms with Crippen molar-refractivity contribution < 1.29 is 19.4 Å². The Kier molecular flexibility index (Phi) is 5.53. The van der Waals surface area contributed by atoms with Gasteiger partial charge in [0.25, 0.3) is 0 Å². The van der Waals surface area contributed by atoms with Crippen molar-refractivity contribution in [1.82, 2.24) is 0 Å². The molecule has 4 heteroatoms. The number of esters is 1. The molecule has 0 spiro atoms. The number of hydrogen-bond acceptors (Lipinski definition) is 4. The lowest BCUT2D eigenvalue weighted by atomic mass is 9.89. The molecule has 2 rings (SSSR count). The lowest BCUT2D eigenvalue weighted by Gasteiger charge is -2.15. The van der Waals surface area contributed by atoms with Crippen molar-refractivity contribution in [3.63, 3.8) is 0 Å². The number of carbonyl (C=O) groups is 2. The molecule has 0 heterocycles.